The van der Waals surface area contributed by atoms with Gasteiger partial charge in [0.05, 0.1) is 11.3 Å². The number of halogens is 1. The van der Waals surface area contributed by atoms with E-state index >= 15 is 0 Å². The molecule has 1 N–H and O–H groups in total. The molecule has 28 heavy (non-hydrogen) atoms. The van der Waals surface area contributed by atoms with Crippen molar-refractivity contribution in [3.8, 4) is 0 Å². The van der Waals surface area contributed by atoms with Crippen molar-refractivity contribution < 1.29 is 19.1 Å². The van der Waals surface area contributed by atoms with Crippen LogP contribution in [0.4, 0.5) is 4.39 Å². The number of nitrogens with zero attached hydrogens (tertiary/aromatic N) is 2. The normalized spacial score (nSPS) is 22.2. The Kier molecular flexibility index (Phi) is 4.71. The summed E-state index contributed by atoms with van der Waals surface area (Å²) in [5.41, 5.74) is 1.21. The van der Waals surface area contributed by atoms with Crippen LogP contribution in [0.25, 0.3) is 5.76 Å². The van der Waals surface area contributed by atoms with Crippen LogP contribution in [0, 0.1) is 12.7 Å². The third-order valence-corrected chi connectivity index (χ3v) is 5.60. The maximum absolute atomic E-state index is 13.6. The Morgan fingerprint density at radius 1 is 1.18 bits per heavy atom. The molecular formula is C22H21FN2O3. The molecule has 1 aromatic carbocycles. The summed E-state index contributed by atoms with van der Waals surface area (Å²) in [5, 5.41) is 10.9. The van der Waals surface area contributed by atoms with E-state index in [1.807, 2.05) is 0 Å². The summed E-state index contributed by atoms with van der Waals surface area (Å²) in [5.74, 6) is -2.02. The maximum atomic E-state index is 13.6. The Bertz CT molecular complexity index is 965. The highest BCUT2D eigenvalue weighted by atomic mass is 19.1. The molecule has 6 heteroatoms. The SMILES string of the molecule is Cc1cc(/C(O)=C2/C(=O)C(=O)N(C3CCCC3)C2c2ccccn2)ccc1F. The van der Waals surface area contributed by atoms with Crippen LogP contribution in [0.5, 0.6) is 0 Å². The first-order chi connectivity index (χ1) is 13.5. The lowest BCUT2D eigenvalue weighted by Crippen LogP contribution is -2.37. The van der Waals surface area contributed by atoms with E-state index in [-0.39, 0.29) is 17.4 Å². The number of rotatable bonds is 3. The van der Waals surface area contributed by atoms with E-state index in [0.717, 1.165) is 25.7 Å². The predicted octanol–water partition coefficient (Wildman–Crippen LogP) is 3.89. The Morgan fingerprint density at radius 2 is 1.93 bits per heavy atom. The van der Waals surface area contributed by atoms with Crippen LogP contribution in [0.3, 0.4) is 0 Å². The van der Waals surface area contributed by atoms with Gasteiger partial charge < -0.3 is 10.0 Å². The number of aliphatic hydroxyl groups excluding tert-OH is 1. The summed E-state index contributed by atoms with van der Waals surface area (Å²) in [6, 6.07) is 8.64. The molecule has 144 valence electrons. The van der Waals surface area contributed by atoms with Gasteiger partial charge in [0.2, 0.25) is 0 Å². The molecular weight excluding hydrogens is 359 g/mol. The number of benzene rings is 1. The van der Waals surface area contributed by atoms with Crippen LogP contribution in [-0.2, 0) is 9.59 Å². The number of carbonyl (C=O) groups excluding carboxylic acids is 2. The highest BCUT2D eigenvalue weighted by molar-refractivity contribution is 6.46. The maximum Gasteiger partial charge on any atom is 0.295 e. The van der Waals surface area contributed by atoms with Gasteiger partial charge >= 0.3 is 0 Å². The van der Waals surface area contributed by atoms with Gasteiger partial charge in [-0.3, -0.25) is 14.6 Å². The lowest BCUT2D eigenvalue weighted by molar-refractivity contribution is -0.141. The van der Waals surface area contributed by atoms with Crippen LogP contribution in [0.15, 0.2) is 48.2 Å². The van der Waals surface area contributed by atoms with Crippen molar-refractivity contribution in [2.45, 2.75) is 44.7 Å². The zero-order valence-electron chi connectivity index (χ0n) is 15.6. The quantitative estimate of drug-likeness (QED) is 0.498. The smallest absolute Gasteiger partial charge is 0.295 e. The third-order valence-electron chi connectivity index (χ3n) is 5.60. The fourth-order valence-corrected chi connectivity index (χ4v) is 4.18. The molecule has 1 amide bonds. The van der Waals surface area contributed by atoms with Gasteiger partial charge in [-0.25, -0.2) is 4.39 Å². The molecule has 1 saturated carbocycles. The van der Waals surface area contributed by atoms with E-state index in [0.29, 0.717) is 16.8 Å². The number of likely N-dealkylation sites (tertiary alicyclic amines) is 1. The van der Waals surface area contributed by atoms with Gasteiger partial charge in [-0.05, 0) is 55.7 Å². The van der Waals surface area contributed by atoms with Crippen molar-refractivity contribution in [2.24, 2.45) is 0 Å². The molecule has 0 bridgehead atoms. The zero-order chi connectivity index (χ0) is 19.8. The van der Waals surface area contributed by atoms with Crippen molar-refractivity contribution >= 4 is 17.4 Å². The molecule has 1 aliphatic carbocycles. The molecule has 2 aliphatic rings. The van der Waals surface area contributed by atoms with E-state index in [1.54, 1.807) is 36.2 Å². The molecule has 1 aliphatic heterocycles. The van der Waals surface area contributed by atoms with Gasteiger partial charge in [0.1, 0.15) is 17.6 Å². The number of pyridine rings is 1. The zero-order valence-corrected chi connectivity index (χ0v) is 15.6. The van der Waals surface area contributed by atoms with Crippen molar-refractivity contribution in [3.63, 3.8) is 0 Å². The number of hydrogen-bond acceptors (Lipinski definition) is 4. The predicted molar refractivity (Wildman–Crippen MR) is 102 cm³/mol. The fraction of sp³-hybridized carbons (Fsp3) is 0.318. The molecule has 2 heterocycles. The summed E-state index contributed by atoms with van der Waals surface area (Å²) in [7, 11) is 0. The third kappa shape index (κ3) is 2.99. The van der Waals surface area contributed by atoms with Crippen LogP contribution < -0.4 is 0 Å². The standard InChI is InChI=1S/C22H21FN2O3/c1-13-12-14(9-10-16(13)23)20(26)18-19(17-8-4-5-11-24-17)25(22(28)21(18)27)15-6-2-3-7-15/h4-5,8-12,15,19,26H,2-3,6-7H2,1H3/b20-18-. The highest BCUT2D eigenvalue weighted by Gasteiger charge is 2.49. The molecule has 0 radical (unpaired) electrons. The Morgan fingerprint density at radius 3 is 2.57 bits per heavy atom. The first-order valence-corrected chi connectivity index (χ1v) is 9.46. The van der Waals surface area contributed by atoms with Crippen LogP contribution in [0.1, 0.15) is 48.5 Å². The second-order valence-electron chi connectivity index (χ2n) is 7.36. The average molecular weight is 380 g/mol. The first-order valence-electron chi connectivity index (χ1n) is 9.46. The van der Waals surface area contributed by atoms with Crippen molar-refractivity contribution in [3.05, 3.63) is 70.8 Å². The summed E-state index contributed by atoms with van der Waals surface area (Å²) in [4.78, 5) is 31.7. The van der Waals surface area contributed by atoms with Crippen molar-refractivity contribution in [2.75, 3.05) is 0 Å². The molecule has 1 aromatic heterocycles. The monoisotopic (exact) mass is 380 g/mol. The Labute approximate surface area is 162 Å². The minimum atomic E-state index is -0.741. The Balaban J connectivity index is 1.89. The van der Waals surface area contributed by atoms with Gasteiger partial charge in [-0.1, -0.05) is 18.9 Å². The number of aromatic nitrogens is 1. The Hall–Kier alpha value is -3.02. The number of amides is 1. The van der Waals surface area contributed by atoms with E-state index < -0.39 is 23.5 Å². The minimum absolute atomic E-state index is 0.0154. The van der Waals surface area contributed by atoms with E-state index in [2.05, 4.69) is 4.98 Å². The van der Waals surface area contributed by atoms with Gasteiger partial charge in [0.15, 0.2) is 0 Å². The molecule has 4 rings (SSSR count). The average Bonchev–Trinajstić information content (AvgIpc) is 3.31. The van der Waals surface area contributed by atoms with Crippen molar-refractivity contribution in [1.29, 1.82) is 0 Å². The molecule has 5 nitrogen and oxygen atoms in total. The van der Waals surface area contributed by atoms with Crippen LogP contribution in [-0.4, -0.2) is 32.7 Å². The van der Waals surface area contributed by atoms with Gasteiger partial charge in [0, 0.05) is 17.8 Å². The summed E-state index contributed by atoms with van der Waals surface area (Å²) in [6.07, 6.45) is 5.25. The number of Topliss-reactive ketones (excluding diaryl/α,β-unsaturated/α-hetero) is 1. The van der Waals surface area contributed by atoms with Gasteiger partial charge in [-0.2, -0.15) is 0 Å². The van der Waals surface area contributed by atoms with E-state index in [4.69, 9.17) is 0 Å². The molecule has 2 aromatic rings. The first kappa shape index (κ1) is 18.3. The fourth-order valence-electron chi connectivity index (χ4n) is 4.18. The minimum Gasteiger partial charge on any atom is -0.507 e. The molecule has 2 fully saturated rings. The van der Waals surface area contributed by atoms with E-state index in [9.17, 15) is 19.1 Å². The number of carbonyl (C=O) groups is 2. The molecule has 1 saturated heterocycles. The topological polar surface area (TPSA) is 70.5 Å². The van der Waals surface area contributed by atoms with Crippen LogP contribution >= 0.6 is 0 Å². The lowest BCUT2D eigenvalue weighted by Gasteiger charge is -2.30. The second kappa shape index (κ2) is 7.19. The highest BCUT2D eigenvalue weighted by Crippen LogP contribution is 2.42. The van der Waals surface area contributed by atoms with Gasteiger partial charge in [0.25, 0.3) is 11.7 Å². The van der Waals surface area contributed by atoms with Crippen molar-refractivity contribution in [1.82, 2.24) is 9.88 Å². The summed E-state index contributed by atoms with van der Waals surface area (Å²) >= 11 is 0. The number of aryl methyl sites for hydroxylation is 1. The molecule has 1 atom stereocenters. The lowest BCUT2D eigenvalue weighted by atomic mass is 9.97. The second-order valence-corrected chi connectivity index (χ2v) is 7.36. The summed E-state index contributed by atoms with van der Waals surface area (Å²) < 4.78 is 13.6. The number of ketones is 1. The molecule has 1 unspecified atom stereocenters. The number of hydrogen-bond donors (Lipinski definition) is 1. The molecule has 0 spiro atoms. The summed E-state index contributed by atoms with van der Waals surface area (Å²) in [6.45, 7) is 1.58. The van der Waals surface area contributed by atoms with Gasteiger partial charge in [-0.15, -0.1) is 0 Å². The largest absolute Gasteiger partial charge is 0.507 e. The van der Waals surface area contributed by atoms with Crippen LogP contribution in [0.2, 0.25) is 0 Å². The van der Waals surface area contributed by atoms with E-state index in [1.165, 1.54) is 18.2 Å². The number of aliphatic hydroxyl groups is 1.